The normalized spacial score (nSPS) is 11.9. The van der Waals surface area contributed by atoms with Gasteiger partial charge in [0.1, 0.15) is 0 Å². The number of rotatable bonds is 4. The number of esters is 2. The molecule has 0 aromatic carbocycles. The lowest BCUT2D eigenvalue weighted by Gasteiger charge is -2.05. The molecule has 1 atom stereocenters. The van der Waals surface area contributed by atoms with E-state index in [1.807, 2.05) is 0 Å². The van der Waals surface area contributed by atoms with Gasteiger partial charge in [0.2, 0.25) is 0 Å². The molecule has 0 aliphatic carbocycles. The Kier molecular flexibility index (Phi) is 4.45. The molecule has 1 heterocycles. The predicted octanol–water partition coefficient (Wildman–Crippen LogP) is 1.13. The van der Waals surface area contributed by atoms with Crippen molar-refractivity contribution >= 4 is 23.3 Å². The molecule has 16 heavy (non-hydrogen) atoms. The molecular formula is C10H12O5S. The van der Waals surface area contributed by atoms with Gasteiger partial charge in [0.05, 0.1) is 32.3 Å². The third kappa shape index (κ3) is 3.04. The molecule has 88 valence electrons. The van der Waals surface area contributed by atoms with Crippen LogP contribution in [0, 0.1) is 0 Å². The summed E-state index contributed by atoms with van der Waals surface area (Å²) in [5.41, 5.74) is 0.367. The van der Waals surface area contributed by atoms with Crippen molar-refractivity contribution in [2.75, 3.05) is 14.2 Å². The first-order chi connectivity index (χ1) is 7.58. The molecule has 1 rings (SSSR count). The van der Waals surface area contributed by atoms with Crippen molar-refractivity contribution in [1.29, 1.82) is 0 Å². The van der Waals surface area contributed by atoms with Crippen LogP contribution in [0.2, 0.25) is 0 Å². The van der Waals surface area contributed by atoms with Crippen LogP contribution in [-0.2, 0) is 14.3 Å². The third-order valence-corrected chi connectivity index (χ3v) is 2.99. The number of thiophene rings is 1. The highest BCUT2D eigenvalue weighted by molar-refractivity contribution is 7.10. The zero-order valence-corrected chi connectivity index (χ0v) is 9.74. The molecule has 0 aliphatic rings. The van der Waals surface area contributed by atoms with Crippen molar-refractivity contribution in [2.45, 2.75) is 12.5 Å². The largest absolute Gasteiger partial charge is 0.469 e. The Morgan fingerprint density at radius 1 is 1.44 bits per heavy atom. The van der Waals surface area contributed by atoms with Crippen LogP contribution in [0.1, 0.15) is 27.8 Å². The van der Waals surface area contributed by atoms with Gasteiger partial charge in [0.25, 0.3) is 0 Å². The topological polar surface area (TPSA) is 72.8 Å². The third-order valence-electron chi connectivity index (χ3n) is 1.96. The molecule has 0 amide bonds. The molecule has 0 unspecified atom stereocenters. The molecule has 0 saturated heterocycles. The van der Waals surface area contributed by atoms with Crippen molar-refractivity contribution in [2.24, 2.45) is 0 Å². The minimum atomic E-state index is -0.948. The van der Waals surface area contributed by atoms with Gasteiger partial charge < -0.3 is 14.6 Å². The lowest BCUT2D eigenvalue weighted by atomic mass is 10.2. The molecule has 1 aromatic rings. The Bertz CT molecular complexity index is 384. The fraction of sp³-hybridized carbons (Fsp3) is 0.400. The zero-order chi connectivity index (χ0) is 12.1. The van der Waals surface area contributed by atoms with Crippen LogP contribution in [-0.4, -0.2) is 31.3 Å². The van der Waals surface area contributed by atoms with E-state index < -0.39 is 18.0 Å². The second kappa shape index (κ2) is 5.62. The smallest absolute Gasteiger partial charge is 0.338 e. The van der Waals surface area contributed by atoms with E-state index in [-0.39, 0.29) is 6.42 Å². The minimum Gasteiger partial charge on any atom is -0.469 e. The number of carbonyl (C=O) groups is 2. The maximum Gasteiger partial charge on any atom is 0.338 e. The molecular weight excluding hydrogens is 232 g/mol. The molecule has 0 spiro atoms. The first-order valence-electron chi connectivity index (χ1n) is 4.50. The van der Waals surface area contributed by atoms with Gasteiger partial charge in [-0.3, -0.25) is 4.79 Å². The standard InChI is InChI=1S/C10H12O5S/c1-14-9(12)4-7(11)8-3-6(5-16-8)10(13)15-2/h3,5,7,11H,4H2,1-2H3/t7-/m1/s1. The molecule has 5 nitrogen and oxygen atoms in total. The monoisotopic (exact) mass is 244 g/mol. The maximum atomic E-state index is 11.1. The van der Waals surface area contributed by atoms with Crippen molar-refractivity contribution < 1.29 is 24.2 Å². The maximum absolute atomic E-state index is 11.1. The van der Waals surface area contributed by atoms with Gasteiger partial charge >= 0.3 is 11.9 Å². The van der Waals surface area contributed by atoms with Gasteiger partial charge in [-0.05, 0) is 6.07 Å². The van der Waals surface area contributed by atoms with Crippen molar-refractivity contribution in [3.8, 4) is 0 Å². The highest BCUT2D eigenvalue weighted by Gasteiger charge is 2.17. The summed E-state index contributed by atoms with van der Waals surface area (Å²) < 4.78 is 8.96. The molecule has 1 aromatic heterocycles. The van der Waals surface area contributed by atoms with Crippen LogP contribution < -0.4 is 0 Å². The molecule has 0 fully saturated rings. The fourth-order valence-electron chi connectivity index (χ4n) is 1.09. The molecule has 0 bridgehead atoms. The number of hydrogen-bond acceptors (Lipinski definition) is 6. The van der Waals surface area contributed by atoms with Crippen LogP contribution in [0.3, 0.4) is 0 Å². The Balaban J connectivity index is 2.70. The number of hydrogen-bond donors (Lipinski definition) is 1. The highest BCUT2D eigenvalue weighted by Crippen LogP contribution is 2.25. The fourth-order valence-corrected chi connectivity index (χ4v) is 1.96. The van der Waals surface area contributed by atoms with Gasteiger partial charge in [-0.15, -0.1) is 11.3 Å². The summed E-state index contributed by atoms with van der Waals surface area (Å²) in [6.07, 6.45) is -1.08. The van der Waals surface area contributed by atoms with Gasteiger partial charge in [-0.1, -0.05) is 0 Å². The van der Waals surface area contributed by atoms with E-state index in [1.54, 1.807) is 5.38 Å². The zero-order valence-electron chi connectivity index (χ0n) is 8.93. The molecule has 0 radical (unpaired) electrons. The first kappa shape index (κ1) is 12.7. The van der Waals surface area contributed by atoms with E-state index in [4.69, 9.17) is 0 Å². The van der Waals surface area contributed by atoms with Crippen molar-refractivity contribution in [3.05, 3.63) is 21.9 Å². The van der Waals surface area contributed by atoms with Crippen LogP contribution in [0.25, 0.3) is 0 Å². The molecule has 0 saturated carbocycles. The summed E-state index contributed by atoms with van der Waals surface area (Å²) in [5.74, 6) is -0.965. The van der Waals surface area contributed by atoms with E-state index in [0.717, 1.165) is 0 Å². The van der Waals surface area contributed by atoms with Gasteiger partial charge in [-0.2, -0.15) is 0 Å². The van der Waals surface area contributed by atoms with Crippen LogP contribution in [0.5, 0.6) is 0 Å². The number of aliphatic hydroxyl groups excluding tert-OH is 1. The predicted molar refractivity (Wildman–Crippen MR) is 57.3 cm³/mol. The second-order valence-corrected chi connectivity index (χ2v) is 3.97. The minimum absolute atomic E-state index is 0.127. The summed E-state index contributed by atoms with van der Waals surface area (Å²) in [6, 6.07) is 1.50. The Hall–Kier alpha value is -1.40. The van der Waals surface area contributed by atoms with Gasteiger partial charge in [0, 0.05) is 10.3 Å². The number of ether oxygens (including phenoxy) is 2. The molecule has 0 aliphatic heterocycles. The van der Waals surface area contributed by atoms with Gasteiger partial charge in [-0.25, -0.2) is 4.79 Å². The quantitative estimate of drug-likeness (QED) is 0.804. The Labute approximate surface area is 96.6 Å². The Morgan fingerprint density at radius 3 is 2.69 bits per heavy atom. The van der Waals surface area contributed by atoms with E-state index >= 15 is 0 Å². The highest BCUT2D eigenvalue weighted by atomic mass is 32.1. The molecule has 6 heteroatoms. The second-order valence-electron chi connectivity index (χ2n) is 3.03. The lowest BCUT2D eigenvalue weighted by Crippen LogP contribution is -2.07. The summed E-state index contributed by atoms with van der Waals surface area (Å²) in [4.78, 5) is 22.6. The van der Waals surface area contributed by atoms with E-state index in [9.17, 15) is 14.7 Å². The van der Waals surface area contributed by atoms with Crippen LogP contribution in [0.15, 0.2) is 11.4 Å². The summed E-state index contributed by atoms with van der Waals surface area (Å²) in [7, 11) is 2.54. The van der Waals surface area contributed by atoms with Crippen LogP contribution in [0.4, 0.5) is 0 Å². The van der Waals surface area contributed by atoms with E-state index in [0.29, 0.717) is 10.4 Å². The summed E-state index contributed by atoms with van der Waals surface area (Å²) in [6.45, 7) is 0. The van der Waals surface area contributed by atoms with Crippen molar-refractivity contribution in [1.82, 2.24) is 0 Å². The average molecular weight is 244 g/mol. The summed E-state index contributed by atoms with van der Waals surface area (Å²) >= 11 is 1.20. The van der Waals surface area contributed by atoms with Gasteiger partial charge in [0.15, 0.2) is 0 Å². The number of carbonyl (C=O) groups excluding carboxylic acids is 2. The lowest BCUT2D eigenvalue weighted by molar-refractivity contribution is -0.142. The van der Waals surface area contributed by atoms with E-state index in [2.05, 4.69) is 9.47 Å². The first-order valence-corrected chi connectivity index (χ1v) is 5.38. The van der Waals surface area contributed by atoms with Crippen LogP contribution >= 0.6 is 11.3 Å². The summed E-state index contributed by atoms with van der Waals surface area (Å²) in [5, 5.41) is 11.2. The van der Waals surface area contributed by atoms with E-state index in [1.165, 1.54) is 31.6 Å². The number of aliphatic hydroxyl groups is 1. The Morgan fingerprint density at radius 2 is 2.12 bits per heavy atom. The molecule has 1 N–H and O–H groups in total. The average Bonchev–Trinajstić information content (AvgIpc) is 2.77. The van der Waals surface area contributed by atoms with Crippen molar-refractivity contribution in [3.63, 3.8) is 0 Å². The number of methoxy groups -OCH3 is 2. The SMILES string of the molecule is COC(=O)C[C@@H](O)c1cc(C(=O)OC)cs1.